The summed E-state index contributed by atoms with van der Waals surface area (Å²) in [7, 11) is 1.67. The SMILES string of the molecule is CC[C@@H]([NH2+][C@H](C)C(=O)NC)c1ccc(Br)cc1. The van der Waals surface area contributed by atoms with E-state index in [9.17, 15) is 4.79 Å². The molecule has 0 aliphatic rings. The summed E-state index contributed by atoms with van der Waals surface area (Å²) in [5, 5.41) is 4.79. The van der Waals surface area contributed by atoms with Crippen molar-refractivity contribution in [3.8, 4) is 0 Å². The van der Waals surface area contributed by atoms with Gasteiger partial charge in [0.15, 0.2) is 6.04 Å². The van der Waals surface area contributed by atoms with E-state index in [1.54, 1.807) is 7.05 Å². The molecule has 1 aromatic rings. The van der Waals surface area contributed by atoms with Crippen LogP contribution in [-0.2, 0) is 4.79 Å². The molecule has 0 unspecified atom stereocenters. The summed E-state index contributed by atoms with van der Waals surface area (Å²) >= 11 is 3.43. The molecule has 0 fully saturated rings. The monoisotopic (exact) mass is 299 g/mol. The zero-order valence-corrected chi connectivity index (χ0v) is 12.1. The maximum atomic E-state index is 11.5. The van der Waals surface area contributed by atoms with Gasteiger partial charge in [0.1, 0.15) is 6.04 Å². The van der Waals surface area contributed by atoms with Crippen LogP contribution in [0.2, 0.25) is 0 Å². The van der Waals surface area contributed by atoms with Crippen LogP contribution in [0.1, 0.15) is 31.9 Å². The Hall–Kier alpha value is -0.870. The maximum Gasteiger partial charge on any atom is 0.277 e. The molecule has 3 nitrogen and oxygen atoms in total. The van der Waals surface area contributed by atoms with Gasteiger partial charge in [-0.25, -0.2) is 0 Å². The van der Waals surface area contributed by atoms with Crippen molar-refractivity contribution in [3.63, 3.8) is 0 Å². The van der Waals surface area contributed by atoms with Gasteiger partial charge in [0.2, 0.25) is 0 Å². The molecule has 94 valence electrons. The molecule has 0 aromatic heterocycles. The topological polar surface area (TPSA) is 45.7 Å². The highest BCUT2D eigenvalue weighted by Crippen LogP contribution is 2.16. The Kier molecular flexibility index (Phi) is 5.65. The molecule has 0 aliphatic carbocycles. The van der Waals surface area contributed by atoms with Crippen molar-refractivity contribution >= 4 is 21.8 Å². The Balaban J connectivity index is 2.71. The van der Waals surface area contributed by atoms with E-state index in [1.807, 2.05) is 19.1 Å². The van der Waals surface area contributed by atoms with Gasteiger partial charge < -0.3 is 10.6 Å². The number of benzene rings is 1. The van der Waals surface area contributed by atoms with E-state index in [2.05, 4.69) is 45.6 Å². The third-order valence-electron chi connectivity index (χ3n) is 2.92. The Morgan fingerprint density at radius 1 is 1.41 bits per heavy atom. The van der Waals surface area contributed by atoms with Gasteiger partial charge in [0, 0.05) is 23.5 Å². The van der Waals surface area contributed by atoms with Crippen LogP contribution in [-0.4, -0.2) is 19.0 Å². The number of carbonyl (C=O) groups is 1. The molecule has 0 aliphatic heterocycles. The summed E-state index contributed by atoms with van der Waals surface area (Å²) < 4.78 is 1.08. The van der Waals surface area contributed by atoms with Gasteiger partial charge in [0.05, 0.1) is 0 Å². The molecule has 3 N–H and O–H groups in total. The molecule has 1 rings (SSSR count). The second kappa shape index (κ2) is 6.77. The van der Waals surface area contributed by atoms with Crippen molar-refractivity contribution in [2.24, 2.45) is 0 Å². The molecule has 2 atom stereocenters. The van der Waals surface area contributed by atoms with Crippen LogP contribution in [0.3, 0.4) is 0 Å². The third-order valence-corrected chi connectivity index (χ3v) is 3.45. The number of likely N-dealkylation sites (N-methyl/N-ethyl adjacent to an activating group) is 1. The van der Waals surface area contributed by atoms with Gasteiger partial charge in [-0.2, -0.15) is 0 Å². The Morgan fingerprint density at radius 3 is 2.47 bits per heavy atom. The molecule has 0 radical (unpaired) electrons. The van der Waals surface area contributed by atoms with Crippen molar-refractivity contribution in [1.29, 1.82) is 0 Å². The number of quaternary nitrogens is 1. The molecular formula is C13H20BrN2O+. The second-order valence-corrected chi connectivity index (χ2v) is 5.08. The standard InChI is InChI=1S/C13H19BrN2O/c1-4-12(16-9(2)13(17)15-3)10-5-7-11(14)8-6-10/h5-9,12,16H,4H2,1-3H3,(H,15,17)/p+1/t9-,12-/m1/s1. The van der Waals surface area contributed by atoms with Crippen LogP contribution in [0.5, 0.6) is 0 Å². The minimum atomic E-state index is -0.0615. The lowest BCUT2D eigenvalue weighted by atomic mass is 10.0. The first-order valence-electron chi connectivity index (χ1n) is 5.90. The molecule has 0 saturated carbocycles. The molecule has 4 heteroatoms. The maximum absolute atomic E-state index is 11.5. The van der Waals surface area contributed by atoms with Crippen molar-refractivity contribution in [2.45, 2.75) is 32.4 Å². The number of nitrogens with one attached hydrogen (secondary N) is 1. The van der Waals surface area contributed by atoms with Crippen LogP contribution in [0.4, 0.5) is 0 Å². The quantitative estimate of drug-likeness (QED) is 0.852. The lowest BCUT2D eigenvalue weighted by Gasteiger charge is -2.18. The zero-order chi connectivity index (χ0) is 12.8. The fraction of sp³-hybridized carbons (Fsp3) is 0.462. The summed E-state index contributed by atoms with van der Waals surface area (Å²) in [6.45, 7) is 4.07. The van der Waals surface area contributed by atoms with E-state index in [4.69, 9.17) is 0 Å². The van der Waals surface area contributed by atoms with Gasteiger partial charge >= 0.3 is 0 Å². The Bertz CT molecular complexity index is 364. The normalized spacial score (nSPS) is 14.1. The molecule has 1 amide bonds. The third kappa shape index (κ3) is 4.13. The predicted molar refractivity (Wildman–Crippen MR) is 72.6 cm³/mol. The van der Waals surface area contributed by atoms with Crippen LogP contribution < -0.4 is 10.6 Å². The summed E-state index contributed by atoms with van der Waals surface area (Å²) in [6.07, 6.45) is 1.00. The molecule has 17 heavy (non-hydrogen) atoms. The summed E-state index contributed by atoms with van der Waals surface area (Å²) in [5.41, 5.74) is 1.26. The second-order valence-electron chi connectivity index (χ2n) is 4.16. The number of hydrogen-bond donors (Lipinski definition) is 2. The minimum Gasteiger partial charge on any atom is -0.354 e. The zero-order valence-electron chi connectivity index (χ0n) is 10.5. The number of amides is 1. The molecule has 0 heterocycles. The summed E-state index contributed by atoms with van der Waals surface area (Å²) in [5.74, 6) is 0.0700. The van der Waals surface area contributed by atoms with E-state index >= 15 is 0 Å². The van der Waals surface area contributed by atoms with Gasteiger partial charge in [0.25, 0.3) is 5.91 Å². The van der Waals surface area contributed by atoms with Crippen molar-refractivity contribution in [2.75, 3.05) is 7.05 Å². The first kappa shape index (κ1) is 14.2. The van der Waals surface area contributed by atoms with Gasteiger partial charge in [-0.3, -0.25) is 4.79 Å². The lowest BCUT2D eigenvalue weighted by molar-refractivity contribution is -0.713. The van der Waals surface area contributed by atoms with E-state index in [-0.39, 0.29) is 11.9 Å². The average molecular weight is 300 g/mol. The minimum absolute atomic E-state index is 0.0615. The first-order chi connectivity index (χ1) is 8.08. The molecular weight excluding hydrogens is 280 g/mol. The fourth-order valence-electron chi connectivity index (χ4n) is 1.86. The number of hydrogen-bond acceptors (Lipinski definition) is 1. The highest BCUT2D eigenvalue weighted by molar-refractivity contribution is 9.10. The van der Waals surface area contributed by atoms with Crippen LogP contribution in [0.25, 0.3) is 0 Å². The first-order valence-corrected chi connectivity index (χ1v) is 6.69. The van der Waals surface area contributed by atoms with Crippen molar-refractivity contribution < 1.29 is 10.1 Å². The molecule has 0 spiro atoms. The molecule has 0 saturated heterocycles. The van der Waals surface area contributed by atoms with Gasteiger partial charge in [-0.15, -0.1) is 0 Å². The van der Waals surface area contributed by atoms with E-state index < -0.39 is 0 Å². The molecule has 1 aromatic carbocycles. The number of halogens is 1. The van der Waals surface area contributed by atoms with Crippen LogP contribution in [0.15, 0.2) is 28.7 Å². The Labute approximate surface area is 111 Å². The van der Waals surface area contributed by atoms with Crippen molar-refractivity contribution in [3.05, 3.63) is 34.3 Å². The van der Waals surface area contributed by atoms with Gasteiger partial charge in [-0.05, 0) is 19.1 Å². The van der Waals surface area contributed by atoms with Gasteiger partial charge in [-0.1, -0.05) is 35.0 Å². The van der Waals surface area contributed by atoms with Crippen LogP contribution >= 0.6 is 15.9 Å². The van der Waals surface area contributed by atoms with Crippen molar-refractivity contribution in [1.82, 2.24) is 5.32 Å². The van der Waals surface area contributed by atoms with E-state index in [1.165, 1.54) is 5.56 Å². The largest absolute Gasteiger partial charge is 0.354 e. The number of rotatable bonds is 5. The number of nitrogens with two attached hydrogens (primary N) is 1. The number of carbonyl (C=O) groups excluding carboxylic acids is 1. The average Bonchev–Trinajstić information content (AvgIpc) is 2.35. The predicted octanol–water partition coefficient (Wildman–Crippen LogP) is 1.60. The highest BCUT2D eigenvalue weighted by atomic mass is 79.9. The van der Waals surface area contributed by atoms with E-state index in [0.29, 0.717) is 6.04 Å². The summed E-state index contributed by atoms with van der Waals surface area (Å²) in [6, 6.07) is 8.55. The smallest absolute Gasteiger partial charge is 0.277 e. The van der Waals surface area contributed by atoms with E-state index in [0.717, 1.165) is 10.9 Å². The summed E-state index contributed by atoms with van der Waals surface area (Å²) in [4.78, 5) is 11.5. The fourth-order valence-corrected chi connectivity index (χ4v) is 2.12. The molecule has 0 bridgehead atoms. The highest BCUT2D eigenvalue weighted by Gasteiger charge is 2.20. The lowest BCUT2D eigenvalue weighted by Crippen LogP contribution is -2.92. The van der Waals surface area contributed by atoms with Crippen LogP contribution in [0, 0.1) is 0 Å². The Morgan fingerprint density at radius 2 is 2.00 bits per heavy atom.